The van der Waals surface area contributed by atoms with Crippen LogP contribution < -0.4 is 16.2 Å². The number of benzene rings is 1. The number of nitrogen functional groups attached to an aromatic ring is 2. The zero-order valence-electron chi connectivity index (χ0n) is 17.0. The van der Waals surface area contributed by atoms with Crippen molar-refractivity contribution in [3.8, 4) is 17.3 Å². The molecular formula is C20H19N7O5S. The van der Waals surface area contributed by atoms with Gasteiger partial charge < -0.3 is 16.6 Å². The molecule has 3 rings (SSSR count). The highest BCUT2D eigenvalue weighted by molar-refractivity contribution is 7.83. The Balaban J connectivity index is 2.16. The van der Waals surface area contributed by atoms with E-state index in [9.17, 15) is 23.0 Å². The van der Waals surface area contributed by atoms with Crippen LogP contribution in [0.1, 0.15) is 35.2 Å². The number of rotatable bonds is 8. The highest BCUT2D eigenvalue weighted by Gasteiger charge is 2.26. The van der Waals surface area contributed by atoms with Gasteiger partial charge >= 0.3 is 16.3 Å². The SMILES string of the molecule is N#Cc1c(N)nc(C(NS(=O)(=O)O)c2cccc(CCC(=O)O)n2)nc1-c1ccc(N)cc1. The van der Waals surface area contributed by atoms with Crippen molar-refractivity contribution < 1.29 is 22.9 Å². The second-order valence-corrected chi connectivity index (χ2v) is 8.08. The van der Waals surface area contributed by atoms with Crippen LogP contribution in [-0.2, 0) is 21.5 Å². The van der Waals surface area contributed by atoms with Crippen molar-refractivity contribution in [1.82, 2.24) is 19.7 Å². The molecule has 3 aromatic rings. The van der Waals surface area contributed by atoms with Crippen LogP contribution in [0.4, 0.5) is 11.5 Å². The first-order valence-corrected chi connectivity index (χ1v) is 10.9. The third kappa shape index (κ3) is 5.98. The highest BCUT2D eigenvalue weighted by atomic mass is 32.2. The summed E-state index contributed by atoms with van der Waals surface area (Å²) in [7, 11) is -4.76. The molecule has 0 aliphatic carbocycles. The van der Waals surface area contributed by atoms with E-state index in [1.807, 2.05) is 10.8 Å². The molecule has 13 heteroatoms. The predicted molar refractivity (Wildman–Crippen MR) is 118 cm³/mol. The normalized spacial score (nSPS) is 12.1. The summed E-state index contributed by atoms with van der Waals surface area (Å²) in [6, 6.07) is 11.5. The minimum Gasteiger partial charge on any atom is -0.481 e. The number of aromatic nitrogens is 3. The molecule has 0 saturated carbocycles. The topological polar surface area (TPSA) is 218 Å². The molecule has 0 fully saturated rings. The van der Waals surface area contributed by atoms with Gasteiger partial charge in [0, 0.05) is 23.4 Å². The maximum atomic E-state index is 11.7. The molecule has 0 aliphatic heterocycles. The molecule has 7 N–H and O–H groups in total. The second-order valence-electron chi connectivity index (χ2n) is 6.90. The Kier molecular flexibility index (Phi) is 6.83. The third-order valence-electron chi connectivity index (χ3n) is 4.49. The minimum atomic E-state index is -4.76. The number of nitrogens with zero attached hydrogens (tertiary/aromatic N) is 4. The van der Waals surface area contributed by atoms with E-state index in [0.717, 1.165) is 0 Å². The zero-order valence-corrected chi connectivity index (χ0v) is 17.8. The molecule has 0 bridgehead atoms. The van der Waals surface area contributed by atoms with E-state index >= 15 is 0 Å². The summed E-state index contributed by atoms with van der Waals surface area (Å²) in [5.74, 6) is -1.41. The van der Waals surface area contributed by atoms with Gasteiger partial charge in [0.1, 0.15) is 23.5 Å². The van der Waals surface area contributed by atoms with E-state index in [2.05, 4.69) is 15.0 Å². The molecule has 1 unspecified atom stereocenters. The van der Waals surface area contributed by atoms with Crippen molar-refractivity contribution in [3.63, 3.8) is 0 Å². The molecule has 0 spiro atoms. The summed E-state index contributed by atoms with van der Waals surface area (Å²) in [6.07, 6.45) is -0.0940. The number of hydrogen-bond donors (Lipinski definition) is 5. The standard InChI is InChI=1S/C20H19N7O5S/c21-10-14-17(11-4-6-12(22)7-5-11)25-20(26-19(14)23)18(27-33(30,31)32)15-3-1-2-13(24-15)8-9-16(28)29/h1-7,18,27H,8-9,22H2,(H,28,29)(H2,23,25,26)(H,30,31,32). The van der Waals surface area contributed by atoms with Gasteiger partial charge in [-0.25, -0.2) is 9.97 Å². The fourth-order valence-corrected chi connectivity index (χ4v) is 3.54. The molecule has 2 heterocycles. The number of carbonyl (C=O) groups is 1. The van der Waals surface area contributed by atoms with Gasteiger partial charge in [-0.2, -0.15) is 18.4 Å². The minimum absolute atomic E-state index is 0.0303. The second kappa shape index (κ2) is 9.57. The van der Waals surface area contributed by atoms with Crippen molar-refractivity contribution >= 4 is 27.8 Å². The van der Waals surface area contributed by atoms with Gasteiger partial charge in [0.05, 0.1) is 17.8 Å². The Morgan fingerprint density at radius 3 is 2.42 bits per heavy atom. The molecule has 0 aliphatic rings. The van der Waals surface area contributed by atoms with E-state index in [1.54, 1.807) is 36.4 Å². The average Bonchev–Trinajstić information content (AvgIpc) is 2.75. The van der Waals surface area contributed by atoms with Gasteiger partial charge in [-0.05, 0) is 24.3 Å². The summed E-state index contributed by atoms with van der Waals surface area (Å²) in [4.78, 5) is 23.6. The van der Waals surface area contributed by atoms with Crippen molar-refractivity contribution in [1.29, 1.82) is 5.26 Å². The molecule has 170 valence electrons. The number of aliphatic carboxylic acids is 1. The van der Waals surface area contributed by atoms with Crippen LogP contribution in [0.3, 0.4) is 0 Å². The quantitative estimate of drug-likeness (QED) is 0.232. The van der Waals surface area contributed by atoms with E-state index in [1.165, 1.54) is 6.07 Å². The first-order chi connectivity index (χ1) is 15.6. The van der Waals surface area contributed by atoms with Gasteiger partial charge in [0.25, 0.3) is 0 Å². The van der Waals surface area contributed by atoms with Gasteiger partial charge in [-0.3, -0.25) is 14.3 Å². The van der Waals surface area contributed by atoms with Crippen molar-refractivity contribution in [3.05, 3.63) is 65.2 Å². The van der Waals surface area contributed by atoms with Crippen LogP contribution in [0, 0.1) is 11.3 Å². The molecular weight excluding hydrogens is 450 g/mol. The predicted octanol–water partition coefficient (Wildman–Crippen LogP) is 1.07. The van der Waals surface area contributed by atoms with E-state index in [0.29, 0.717) is 16.9 Å². The number of hydrogen-bond acceptors (Lipinski definition) is 9. The van der Waals surface area contributed by atoms with Gasteiger partial charge in [0.15, 0.2) is 5.82 Å². The Labute approximate surface area is 188 Å². The number of anilines is 2. The number of aryl methyl sites for hydroxylation is 1. The number of carboxylic acids is 1. The maximum absolute atomic E-state index is 11.7. The Hall–Kier alpha value is -4.12. The van der Waals surface area contributed by atoms with E-state index in [-0.39, 0.29) is 41.4 Å². The van der Waals surface area contributed by atoms with Crippen LogP contribution in [-0.4, -0.2) is 39.0 Å². The van der Waals surface area contributed by atoms with E-state index < -0.39 is 22.3 Å². The van der Waals surface area contributed by atoms with E-state index in [4.69, 9.17) is 16.6 Å². The van der Waals surface area contributed by atoms with Crippen LogP contribution in [0.25, 0.3) is 11.3 Å². The number of carboxylic acid groups (broad SMARTS) is 1. The lowest BCUT2D eigenvalue weighted by Gasteiger charge is -2.18. The first kappa shape index (κ1) is 23.5. The largest absolute Gasteiger partial charge is 0.481 e. The van der Waals surface area contributed by atoms with Crippen molar-refractivity contribution in [2.24, 2.45) is 0 Å². The summed E-state index contributed by atoms with van der Waals surface area (Å²) >= 11 is 0. The molecule has 2 aromatic heterocycles. The molecule has 1 atom stereocenters. The lowest BCUT2D eigenvalue weighted by atomic mass is 10.1. The average molecular weight is 469 g/mol. The fraction of sp³-hybridized carbons (Fsp3) is 0.150. The molecule has 12 nitrogen and oxygen atoms in total. The number of nitrogens with two attached hydrogens (primary N) is 2. The number of pyridine rings is 1. The van der Waals surface area contributed by atoms with Crippen LogP contribution >= 0.6 is 0 Å². The fourth-order valence-electron chi connectivity index (χ4n) is 3.01. The summed E-state index contributed by atoms with van der Waals surface area (Å²) < 4.78 is 34.8. The zero-order chi connectivity index (χ0) is 24.2. The third-order valence-corrected chi connectivity index (χ3v) is 5.03. The van der Waals surface area contributed by atoms with Crippen molar-refractivity contribution in [2.45, 2.75) is 18.9 Å². The smallest absolute Gasteiger partial charge is 0.334 e. The van der Waals surface area contributed by atoms with Crippen LogP contribution in [0.2, 0.25) is 0 Å². The monoisotopic (exact) mass is 469 g/mol. The first-order valence-electron chi connectivity index (χ1n) is 9.43. The lowest BCUT2D eigenvalue weighted by Crippen LogP contribution is -2.31. The molecule has 33 heavy (non-hydrogen) atoms. The molecule has 1 aromatic carbocycles. The summed E-state index contributed by atoms with van der Waals surface area (Å²) in [5, 5.41) is 18.4. The summed E-state index contributed by atoms with van der Waals surface area (Å²) in [6.45, 7) is 0. The van der Waals surface area contributed by atoms with Gasteiger partial charge in [-0.15, -0.1) is 0 Å². The Bertz CT molecular complexity index is 1340. The Morgan fingerprint density at radius 2 is 1.82 bits per heavy atom. The molecule has 0 radical (unpaired) electrons. The van der Waals surface area contributed by atoms with Crippen molar-refractivity contribution in [2.75, 3.05) is 11.5 Å². The van der Waals surface area contributed by atoms with Crippen LogP contribution in [0.15, 0.2) is 42.5 Å². The van der Waals surface area contributed by atoms with Gasteiger partial charge in [-0.1, -0.05) is 18.2 Å². The highest BCUT2D eigenvalue weighted by Crippen LogP contribution is 2.28. The summed E-state index contributed by atoms with van der Waals surface area (Å²) in [5.41, 5.74) is 13.2. The number of nitrogens with one attached hydrogen (secondary N) is 1. The lowest BCUT2D eigenvalue weighted by molar-refractivity contribution is -0.136. The van der Waals surface area contributed by atoms with Crippen LogP contribution in [0.5, 0.6) is 0 Å². The molecule has 0 saturated heterocycles. The number of nitriles is 1. The van der Waals surface area contributed by atoms with Gasteiger partial charge in [0.2, 0.25) is 0 Å². The maximum Gasteiger partial charge on any atom is 0.334 e. The Morgan fingerprint density at radius 1 is 1.12 bits per heavy atom. The molecule has 0 amide bonds.